The van der Waals surface area contributed by atoms with Crippen molar-refractivity contribution < 1.29 is 42.5 Å². The van der Waals surface area contributed by atoms with Crippen molar-refractivity contribution in [3.05, 3.63) is 103 Å². The van der Waals surface area contributed by atoms with Crippen molar-refractivity contribution in [2.24, 2.45) is 5.73 Å². The number of nitrogens with two attached hydrogens (primary N) is 1. The maximum atomic E-state index is 13.4. The number of carbonyl (C=O) groups excluding carboxylic acids is 3. The molecule has 2 fully saturated rings. The molecule has 2 aromatic carbocycles. The van der Waals surface area contributed by atoms with E-state index in [1.54, 1.807) is 30.5 Å². The van der Waals surface area contributed by atoms with Crippen molar-refractivity contribution in [2.45, 2.75) is 130 Å². The molecule has 6 heterocycles. The number of carboxylic acid groups (broad SMARTS) is 1. The van der Waals surface area contributed by atoms with Crippen LogP contribution < -0.4 is 32.3 Å². The van der Waals surface area contributed by atoms with E-state index < -0.39 is 24.2 Å². The molecule has 0 unspecified atom stereocenters. The van der Waals surface area contributed by atoms with Crippen LogP contribution in [0, 0.1) is 11.6 Å². The Labute approximate surface area is 451 Å². The first-order valence-electron chi connectivity index (χ1n) is 25.2. The van der Waals surface area contributed by atoms with Crippen LogP contribution in [0.5, 0.6) is 0 Å². The number of amides is 3. The Morgan fingerprint density at radius 3 is 1.47 bits per heavy atom. The minimum atomic E-state index is -1.15. The summed E-state index contributed by atoms with van der Waals surface area (Å²) in [5.74, 6) is -3.09. The lowest BCUT2D eigenvalue weighted by atomic mass is 10.0. The number of nitrogens with zero attached hydrogens (tertiary/aromatic N) is 6. The number of aryl methyl sites for hydroxylation is 4. The van der Waals surface area contributed by atoms with Crippen LogP contribution in [0.3, 0.4) is 0 Å². The number of carboxylic acids is 1. The molecule has 8 rings (SSSR count). The van der Waals surface area contributed by atoms with E-state index in [0.29, 0.717) is 67.8 Å². The zero-order valence-corrected chi connectivity index (χ0v) is 45.8. The first kappa shape index (κ1) is 58.1. The number of aromatic nitrogens is 6. The number of pyridine rings is 2. The van der Waals surface area contributed by atoms with Crippen molar-refractivity contribution >= 4 is 89.0 Å². The largest absolute Gasteiger partial charge is 0.481 e. The van der Waals surface area contributed by atoms with Gasteiger partial charge in [-0.3, -0.25) is 19.2 Å². The van der Waals surface area contributed by atoms with E-state index in [-0.39, 0.29) is 55.7 Å². The van der Waals surface area contributed by atoms with Gasteiger partial charge in [-0.25, -0.2) is 28.1 Å². The minimum absolute atomic E-state index is 0.201. The molecule has 3 amide bonds. The molecule has 8 N–H and O–H groups in total. The second-order valence-electron chi connectivity index (χ2n) is 17.8. The fraction of sp³-hybridized carbons (Fsp3) is 0.462. The topological polar surface area (TPSA) is 255 Å². The summed E-state index contributed by atoms with van der Waals surface area (Å²) in [6.07, 6.45) is 7.73. The maximum Gasteiger partial charge on any atom is 0.312 e. The summed E-state index contributed by atoms with van der Waals surface area (Å²) in [6.45, 7) is 13.5. The van der Waals surface area contributed by atoms with E-state index in [4.69, 9.17) is 30.3 Å². The predicted molar refractivity (Wildman–Crippen MR) is 289 cm³/mol. The summed E-state index contributed by atoms with van der Waals surface area (Å²) in [7, 11) is 0. The fourth-order valence-electron chi connectivity index (χ4n) is 8.56. The van der Waals surface area contributed by atoms with E-state index >= 15 is 0 Å². The summed E-state index contributed by atoms with van der Waals surface area (Å²) >= 11 is 6.19. The van der Waals surface area contributed by atoms with Crippen LogP contribution >= 0.6 is 31.9 Å². The van der Waals surface area contributed by atoms with Crippen molar-refractivity contribution in [1.82, 2.24) is 45.5 Å². The lowest BCUT2D eigenvalue weighted by Gasteiger charge is -2.26. The van der Waals surface area contributed by atoms with Crippen molar-refractivity contribution in [1.29, 1.82) is 0 Å². The third kappa shape index (κ3) is 16.2. The lowest BCUT2D eigenvalue weighted by molar-refractivity contribution is -0.141. The van der Waals surface area contributed by atoms with Crippen LogP contribution in [0.1, 0.15) is 99.9 Å². The van der Waals surface area contributed by atoms with Gasteiger partial charge < -0.3 is 46.9 Å². The Morgan fingerprint density at radius 2 is 1.07 bits per heavy atom. The zero-order valence-electron chi connectivity index (χ0n) is 42.7. The molecular formula is C52H66Br2F2N12O7. The van der Waals surface area contributed by atoms with Gasteiger partial charge >= 0.3 is 5.97 Å². The molecule has 2 aliphatic rings. The highest BCUT2D eigenvalue weighted by Gasteiger charge is 2.24. The van der Waals surface area contributed by atoms with Gasteiger partial charge in [-0.2, -0.15) is 10.2 Å². The molecule has 6 aromatic rings. The number of hydrogen-bond acceptors (Lipinski definition) is 13. The molecule has 404 valence electrons. The number of aliphatic carboxylic acids is 1. The van der Waals surface area contributed by atoms with Crippen LogP contribution in [0.4, 0.5) is 20.2 Å². The smallest absolute Gasteiger partial charge is 0.312 e. The minimum Gasteiger partial charge on any atom is -0.481 e. The number of benzene rings is 2. The number of carbonyl (C=O) groups is 4. The molecule has 0 spiro atoms. The Hall–Kier alpha value is -6.14. The molecule has 2 saturated heterocycles. The summed E-state index contributed by atoms with van der Waals surface area (Å²) in [4.78, 5) is 57.3. The number of nitrogens with one attached hydrogen (secondary N) is 5. The Balaban J connectivity index is 0.000000211. The molecule has 4 aromatic heterocycles. The van der Waals surface area contributed by atoms with Gasteiger partial charge in [0.2, 0.25) is 17.7 Å². The molecule has 19 nitrogen and oxygen atoms in total. The second-order valence-corrected chi connectivity index (χ2v) is 19.5. The number of fused-ring (bicyclic) bond motifs is 2. The fourth-order valence-corrected chi connectivity index (χ4v) is 9.41. The molecule has 0 atom stereocenters. The number of ether oxygens (including phenoxy) is 2. The van der Waals surface area contributed by atoms with Crippen molar-refractivity contribution in [2.75, 3.05) is 37.1 Å². The number of hydrogen-bond donors (Lipinski definition) is 7. The second kappa shape index (κ2) is 28.7. The third-order valence-electron chi connectivity index (χ3n) is 12.6. The van der Waals surface area contributed by atoms with E-state index in [2.05, 4.69) is 68.6 Å². The molecule has 0 saturated carbocycles. The Morgan fingerprint density at radius 1 is 0.653 bits per heavy atom. The van der Waals surface area contributed by atoms with Crippen LogP contribution in [0.25, 0.3) is 22.1 Å². The van der Waals surface area contributed by atoms with Gasteiger partial charge in [-0.1, -0.05) is 26.0 Å². The van der Waals surface area contributed by atoms with Crippen LogP contribution in [-0.2, 0) is 80.8 Å². The number of rotatable bonds is 19. The first-order valence-corrected chi connectivity index (χ1v) is 26.8. The zero-order chi connectivity index (χ0) is 54.0. The third-order valence-corrected chi connectivity index (χ3v) is 13.8. The summed E-state index contributed by atoms with van der Waals surface area (Å²) in [6, 6.07) is 9.76. The average molecular weight is 1170 g/mol. The lowest BCUT2D eigenvalue weighted by Crippen LogP contribution is -2.32. The van der Waals surface area contributed by atoms with E-state index in [9.17, 15) is 28.0 Å². The van der Waals surface area contributed by atoms with E-state index in [1.807, 2.05) is 43.3 Å². The van der Waals surface area contributed by atoms with E-state index in [1.165, 1.54) is 12.1 Å². The molecule has 0 radical (unpaired) electrons. The Bertz CT molecular complexity index is 2930. The monoisotopic (exact) mass is 1170 g/mol. The Kier molecular flexibility index (Phi) is 22.2. The van der Waals surface area contributed by atoms with Gasteiger partial charge in [0.15, 0.2) is 11.3 Å². The van der Waals surface area contributed by atoms with Gasteiger partial charge in [0.1, 0.15) is 24.5 Å². The van der Waals surface area contributed by atoms with Crippen LogP contribution in [0.15, 0.2) is 57.7 Å². The molecular weight excluding hydrogens is 1100 g/mol. The standard InChI is InChI=1S/C26H32BrFN6O3.C19H27N5O4.C7H7BrFN/c1-3-22-18(14-30-24(36)12-23(35)29-13-16-5-6-21(28)20(27)11-16)25(32-17-7-9-37-10-8-17)19-15-31-34(4-2)26(19)33-22;1-3-15-13(10-20-16(25)9-17(26)27)18(22-12-5-7-28-8-6-12)14-11-21-24(4-2)19(14)23-15;8-6-3-5(4-10)1-2-7(6)9/h5-6,11,15,17H,3-4,7-10,12-14H2,1-2H3,(H,29,35)(H,30,36)(H,32,33);11-12H,3-10H2,1-2H3,(H,20,25)(H,22,23)(H,26,27);1-3H,4,10H2. The van der Waals surface area contributed by atoms with Crippen molar-refractivity contribution in [3.8, 4) is 0 Å². The predicted octanol–water partition coefficient (Wildman–Crippen LogP) is 7.57. The SMILES string of the molecule is CCc1nc2c(cnn2CC)c(NC2CCOCC2)c1CNC(=O)CC(=O)NCc1ccc(F)c(Br)c1.CCc1nc2c(cnn2CC)c(NC2CCOCC2)c1CNC(=O)CC(=O)O.NCc1ccc(F)c(Br)c1. The van der Waals surface area contributed by atoms with E-state index in [0.717, 1.165) is 92.8 Å². The quantitative estimate of drug-likeness (QED) is 0.0387. The van der Waals surface area contributed by atoms with Gasteiger partial charge in [0, 0.05) is 100 Å². The maximum absolute atomic E-state index is 13.4. The molecule has 75 heavy (non-hydrogen) atoms. The number of halogens is 4. The summed E-state index contributed by atoms with van der Waals surface area (Å²) < 4.78 is 41.4. The van der Waals surface area contributed by atoms with Crippen LogP contribution in [-0.4, -0.2) is 96.8 Å². The summed E-state index contributed by atoms with van der Waals surface area (Å²) in [5, 5.41) is 35.2. The highest BCUT2D eigenvalue weighted by atomic mass is 79.9. The first-order chi connectivity index (χ1) is 36.2. The van der Waals surface area contributed by atoms with Gasteiger partial charge in [0.05, 0.1) is 43.5 Å². The molecule has 23 heteroatoms. The van der Waals surface area contributed by atoms with Gasteiger partial charge in [-0.05, 0) is 120 Å². The normalized spacial score (nSPS) is 13.8. The highest BCUT2D eigenvalue weighted by Crippen LogP contribution is 2.33. The summed E-state index contributed by atoms with van der Waals surface area (Å²) in [5.41, 5.74) is 14.0. The average Bonchev–Trinajstić information content (AvgIpc) is 4.03. The molecule has 2 aliphatic heterocycles. The van der Waals surface area contributed by atoms with Gasteiger partial charge in [-0.15, -0.1) is 0 Å². The number of anilines is 2. The highest BCUT2D eigenvalue weighted by molar-refractivity contribution is 9.10. The van der Waals surface area contributed by atoms with Crippen LogP contribution in [0.2, 0.25) is 0 Å². The molecule has 0 aliphatic carbocycles. The molecule has 0 bridgehead atoms. The van der Waals surface area contributed by atoms with Gasteiger partial charge in [0.25, 0.3) is 0 Å². The van der Waals surface area contributed by atoms with Crippen molar-refractivity contribution in [3.63, 3.8) is 0 Å².